The van der Waals surface area contributed by atoms with Crippen LogP contribution in [0, 0.1) is 0 Å². The zero-order valence-electron chi connectivity index (χ0n) is 49.1. The fourth-order valence-corrected chi connectivity index (χ4v) is 8.44. The molecule has 75 heavy (non-hydrogen) atoms. The molecule has 0 rings (SSSR count). The van der Waals surface area contributed by atoms with Crippen molar-refractivity contribution in [1.29, 1.82) is 0 Å². The Labute approximate surface area is 461 Å². The van der Waals surface area contributed by atoms with E-state index >= 15 is 0 Å². The predicted octanol–water partition coefficient (Wildman–Crippen LogP) is 17.0. The molecule has 0 bridgehead atoms. The molecule has 0 fully saturated rings. The maximum absolute atomic E-state index is 12.8. The molecule has 0 aromatic carbocycles. The molecule has 9 heteroatoms. The van der Waals surface area contributed by atoms with Crippen molar-refractivity contribution in [2.24, 2.45) is 0 Å². The lowest BCUT2D eigenvalue weighted by atomic mass is 10.0. The molecule has 9 nitrogen and oxygen atoms in total. The lowest BCUT2D eigenvalue weighted by Gasteiger charge is -2.26. The van der Waals surface area contributed by atoms with Gasteiger partial charge in [0.15, 0.2) is 12.4 Å². The third-order valence-corrected chi connectivity index (χ3v) is 13.1. The van der Waals surface area contributed by atoms with Crippen LogP contribution in [0.5, 0.6) is 0 Å². The third-order valence-electron chi connectivity index (χ3n) is 13.1. The normalized spacial score (nSPS) is 13.3. The molecule has 0 saturated heterocycles. The topological polar surface area (TPSA) is 111 Å². The molecule has 0 saturated carbocycles. The van der Waals surface area contributed by atoms with Crippen molar-refractivity contribution in [3.8, 4) is 0 Å². The van der Waals surface area contributed by atoms with Gasteiger partial charge in [0, 0.05) is 12.8 Å². The molecule has 2 unspecified atom stereocenters. The molecule has 0 heterocycles. The molecule has 0 spiro atoms. The summed E-state index contributed by atoms with van der Waals surface area (Å²) in [5.41, 5.74) is 0. The van der Waals surface area contributed by atoms with Crippen molar-refractivity contribution in [2.45, 2.75) is 270 Å². The second kappa shape index (κ2) is 56.7. The van der Waals surface area contributed by atoms with Crippen LogP contribution >= 0.6 is 0 Å². The van der Waals surface area contributed by atoms with Crippen LogP contribution in [0.25, 0.3) is 0 Å². The molecule has 0 N–H and O–H groups in total. The van der Waals surface area contributed by atoms with Gasteiger partial charge in [0.1, 0.15) is 13.2 Å². The summed E-state index contributed by atoms with van der Waals surface area (Å²) in [6.45, 7) is 4.56. The highest BCUT2D eigenvalue weighted by Gasteiger charge is 2.21. The van der Waals surface area contributed by atoms with Gasteiger partial charge in [-0.25, -0.2) is 0 Å². The quantitative estimate of drug-likeness (QED) is 0.0195. The average Bonchev–Trinajstić information content (AvgIpc) is 3.38. The van der Waals surface area contributed by atoms with Crippen molar-refractivity contribution in [2.75, 3.05) is 47.5 Å². The van der Waals surface area contributed by atoms with Gasteiger partial charge in [-0.2, -0.15) is 0 Å². The number of likely N-dealkylation sites (N-methyl/N-ethyl adjacent to an activating group) is 1. The number of rotatable bonds is 56. The van der Waals surface area contributed by atoms with Crippen molar-refractivity contribution < 1.29 is 42.9 Å². The number of carboxylic acid groups (broad SMARTS) is 1. The maximum atomic E-state index is 12.8. The second-order valence-corrected chi connectivity index (χ2v) is 21.6. The van der Waals surface area contributed by atoms with E-state index in [9.17, 15) is 19.5 Å². The summed E-state index contributed by atoms with van der Waals surface area (Å²) in [7, 11) is 5.90. The molecule has 0 aromatic heterocycles. The van der Waals surface area contributed by atoms with E-state index in [1.54, 1.807) is 0 Å². The smallest absolute Gasteiger partial charge is 0.306 e. The highest BCUT2D eigenvalue weighted by Crippen LogP contribution is 2.16. The van der Waals surface area contributed by atoms with Crippen molar-refractivity contribution in [3.05, 3.63) is 85.1 Å². The number of aliphatic carboxylic acids is 1. The number of carbonyl (C=O) groups excluding carboxylic acids is 3. The monoisotopic (exact) mass is 1050 g/mol. The van der Waals surface area contributed by atoms with E-state index in [-0.39, 0.29) is 38.6 Å². The van der Waals surface area contributed by atoms with Crippen LogP contribution < -0.4 is 5.11 Å². The van der Waals surface area contributed by atoms with Crippen LogP contribution in [-0.2, 0) is 33.3 Å². The first kappa shape index (κ1) is 71.5. The highest BCUT2D eigenvalue weighted by atomic mass is 16.7. The maximum Gasteiger partial charge on any atom is 0.306 e. The molecular formula is C66H115NO8. The number of allylic oxidation sites excluding steroid dienone is 14. The Morgan fingerprint density at radius 1 is 0.413 bits per heavy atom. The lowest BCUT2D eigenvalue weighted by Crippen LogP contribution is -2.44. The number of carbonyl (C=O) groups is 3. The minimum Gasteiger partial charge on any atom is -0.545 e. The standard InChI is InChI=1S/C66H115NO8/c1-6-8-10-12-14-16-18-20-22-24-26-27-28-29-30-31-32-33-34-35-36-37-39-40-42-44-46-48-50-52-54-56-63(68)73-60-62(61-74-66(65(70)71)72-59-58-67(3,4)5)75-64(69)57-55-53-51-49-47-45-43-41-38-25-23-21-19-17-15-13-11-9-7-2/h9,11,15,17,21,23-24,26,38,41,45,47,51,53,62,66H,6-8,10,12-14,16,18-20,22,25,27-37,39-40,42-44,46,48-50,52,54-61H2,1-5H3/b11-9-,17-15-,23-21-,26-24-,41-38-,47-45-,53-51-. The lowest BCUT2D eigenvalue weighted by molar-refractivity contribution is -0.870. The van der Waals surface area contributed by atoms with Gasteiger partial charge in [0.25, 0.3) is 0 Å². The summed E-state index contributed by atoms with van der Waals surface area (Å²) in [6.07, 6.45) is 72.5. The zero-order valence-corrected chi connectivity index (χ0v) is 49.1. The minimum absolute atomic E-state index is 0.120. The van der Waals surface area contributed by atoms with Crippen molar-refractivity contribution in [1.82, 2.24) is 0 Å². The summed E-state index contributed by atoms with van der Waals surface area (Å²) >= 11 is 0. The Kier molecular flexibility index (Phi) is 54.0. The zero-order chi connectivity index (χ0) is 54.8. The van der Waals surface area contributed by atoms with Gasteiger partial charge in [-0.15, -0.1) is 0 Å². The largest absolute Gasteiger partial charge is 0.545 e. The Balaban J connectivity index is 4.19. The number of ether oxygens (including phenoxy) is 4. The Hall–Kier alpha value is -3.53. The highest BCUT2D eigenvalue weighted by molar-refractivity contribution is 5.70. The average molecular weight is 1050 g/mol. The van der Waals surface area contributed by atoms with Gasteiger partial charge >= 0.3 is 11.9 Å². The van der Waals surface area contributed by atoms with Gasteiger partial charge in [-0.3, -0.25) is 9.59 Å². The molecule has 0 amide bonds. The first-order valence-electron chi connectivity index (χ1n) is 30.7. The molecule has 432 valence electrons. The Bertz CT molecular complexity index is 1500. The second-order valence-electron chi connectivity index (χ2n) is 21.6. The summed E-state index contributed by atoms with van der Waals surface area (Å²) in [5, 5.41) is 11.8. The van der Waals surface area contributed by atoms with Gasteiger partial charge in [0.05, 0.1) is 40.3 Å². The molecule has 2 atom stereocenters. The Morgan fingerprint density at radius 2 is 0.787 bits per heavy atom. The third kappa shape index (κ3) is 58.0. The van der Waals surface area contributed by atoms with Crippen LogP contribution in [0.15, 0.2) is 85.1 Å². The molecule has 0 aliphatic carbocycles. The van der Waals surface area contributed by atoms with Crippen LogP contribution in [0.3, 0.4) is 0 Å². The van der Waals surface area contributed by atoms with E-state index in [0.29, 0.717) is 17.4 Å². The number of nitrogens with zero attached hydrogens (tertiary/aromatic N) is 1. The molecule has 0 aliphatic heterocycles. The van der Waals surface area contributed by atoms with Crippen molar-refractivity contribution in [3.63, 3.8) is 0 Å². The summed E-state index contributed by atoms with van der Waals surface area (Å²) in [5.74, 6) is -2.39. The first-order chi connectivity index (χ1) is 36.6. The number of hydrogen-bond donors (Lipinski definition) is 0. The fraction of sp³-hybridized carbons (Fsp3) is 0.742. The molecule has 0 aliphatic rings. The predicted molar refractivity (Wildman–Crippen MR) is 315 cm³/mol. The number of unbranched alkanes of at least 4 members (excludes halogenated alkanes) is 27. The van der Waals surface area contributed by atoms with Crippen LogP contribution in [0.4, 0.5) is 0 Å². The van der Waals surface area contributed by atoms with Crippen LogP contribution in [0.1, 0.15) is 258 Å². The van der Waals surface area contributed by atoms with E-state index in [4.69, 9.17) is 18.9 Å². The SMILES string of the molecule is CC/C=C\C/C=C\C/C=C\C/C=C\C/C=C\C/C=C\CCC(=O)OC(COC(=O)CCCCCCCCCCCCCCCCCCCCC/C=C\CCCCCCCCCC)COC(OCC[N+](C)(C)C)C(=O)[O-]. The van der Waals surface area contributed by atoms with Gasteiger partial charge in [-0.05, 0) is 77.0 Å². The molecule has 0 radical (unpaired) electrons. The number of carboxylic acids is 1. The number of hydrogen-bond acceptors (Lipinski definition) is 8. The fourth-order valence-electron chi connectivity index (χ4n) is 8.44. The van der Waals surface area contributed by atoms with E-state index < -0.39 is 24.3 Å². The number of quaternary nitrogens is 1. The van der Waals surface area contributed by atoms with Crippen LogP contribution in [-0.4, -0.2) is 82.3 Å². The number of esters is 2. The van der Waals surface area contributed by atoms with Gasteiger partial charge in [-0.1, -0.05) is 253 Å². The summed E-state index contributed by atoms with van der Waals surface area (Å²) < 4.78 is 22.6. The van der Waals surface area contributed by atoms with E-state index in [2.05, 4.69) is 86.8 Å². The van der Waals surface area contributed by atoms with Crippen LogP contribution in [0.2, 0.25) is 0 Å². The van der Waals surface area contributed by atoms with Gasteiger partial charge < -0.3 is 33.3 Å². The first-order valence-corrected chi connectivity index (χ1v) is 30.7. The van der Waals surface area contributed by atoms with E-state index in [1.807, 2.05) is 33.3 Å². The molecular weight excluding hydrogens is 935 g/mol. The van der Waals surface area contributed by atoms with E-state index in [1.165, 1.54) is 167 Å². The van der Waals surface area contributed by atoms with Crippen molar-refractivity contribution >= 4 is 17.9 Å². The summed E-state index contributed by atoms with van der Waals surface area (Å²) in [6, 6.07) is 0. The molecule has 0 aromatic rings. The van der Waals surface area contributed by atoms with Gasteiger partial charge in [0.2, 0.25) is 0 Å². The minimum atomic E-state index is -1.64. The Morgan fingerprint density at radius 3 is 1.19 bits per heavy atom. The van der Waals surface area contributed by atoms with E-state index in [0.717, 1.165) is 57.8 Å². The summed E-state index contributed by atoms with van der Waals surface area (Å²) in [4.78, 5) is 37.3.